The zero-order chi connectivity index (χ0) is 29.5. The molecular formula is C35H29NO7. The fourth-order valence-electron chi connectivity index (χ4n) is 5.70. The third-order valence-corrected chi connectivity index (χ3v) is 7.73. The quantitative estimate of drug-likeness (QED) is 0.207. The van der Waals surface area contributed by atoms with Gasteiger partial charge in [-0.3, -0.25) is 9.59 Å². The molecule has 1 unspecified atom stereocenters. The second-order valence-electron chi connectivity index (χ2n) is 10.6. The molecule has 1 atom stereocenters. The Labute approximate surface area is 248 Å². The van der Waals surface area contributed by atoms with Crippen LogP contribution in [-0.4, -0.2) is 24.2 Å². The normalized spacial score (nSPS) is 15.2. The van der Waals surface area contributed by atoms with Gasteiger partial charge in [-0.25, -0.2) is 0 Å². The molecule has 3 heterocycles. The van der Waals surface area contributed by atoms with Gasteiger partial charge < -0.3 is 28.3 Å². The number of rotatable bonds is 8. The van der Waals surface area contributed by atoms with E-state index in [4.69, 9.17) is 23.4 Å². The van der Waals surface area contributed by atoms with Crippen LogP contribution in [-0.2, 0) is 13.2 Å². The van der Waals surface area contributed by atoms with Crippen LogP contribution >= 0.6 is 0 Å². The summed E-state index contributed by atoms with van der Waals surface area (Å²) in [6.07, 6.45) is 0. The third-order valence-electron chi connectivity index (χ3n) is 7.73. The highest BCUT2D eigenvalue weighted by atomic mass is 16.7. The molecule has 5 aromatic rings. The van der Waals surface area contributed by atoms with Crippen molar-refractivity contribution in [3.8, 4) is 23.0 Å². The van der Waals surface area contributed by atoms with Crippen molar-refractivity contribution >= 4 is 16.9 Å². The van der Waals surface area contributed by atoms with E-state index in [9.17, 15) is 9.59 Å². The second-order valence-corrected chi connectivity index (χ2v) is 10.6. The Hall–Kier alpha value is -5.24. The van der Waals surface area contributed by atoms with Gasteiger partial charge in [-0.2, -0.15) is 0 Å². The van der Waals surface area contributed by atoms with Gasteiger partial charge in [0.25, 0.3) is 5.91 Å². The van der Waals surface area contributed by atoms with Gasteiger partial charge in [0.2, 0.25) is 12.6 Å². The number of hydrogen-bond donors (Lipinski definition) is 0. The van der Waals surface area contributed by atoms with Crippen LogP contribution in [0.3, 0.4) is 0 Å². The molecule has 8 nitrogen and oxygen atoms in total. The van der Waals surface area contributed by atoms with Gasteiger partial charge in [-0.05, 0) is 66.9 Å². The maximum absolute atomic E-state index is 14.1. The lowest BCUT2D eigenvalue weighted by atomic mass is 9.97. The van der Waals surface area contributed by atoms with Crippen LogP contribution in [0.5, 0.6) is 23.0 Å². The van der Waals surface area contributed by atoms with Crippen molar-refractivity contribution in [2.75, 3.05) is 13.4 Å². The van der Waals surface area contributed by atoms with Gasteiger partial charge in [0.15, 0.2) is 28.4 Å². The van der Waals surface area contributed by atoms with E-state index < -0.39 is 6.04 Å². The van der Waals surface area contributed by atoms with Crippen molar-refractivity contribution in [3.63, 3.8) is 0 Å². The predicted octanol–water partition coefficient (Wildman–Crippen LogP) is 6.55. The van der Waals surface area contributed by atoms with E-state index in [1.807, 2.05) is 86.6 Å². The Bertz CT molecular complexity index is 1910. The molecule has 0 radical (unpaired) electrons. The molecule has 1 amide bonds. The van der Waals surface area contributed by atoms with Gasteiger partial charge in [0.05, 0.1) is 23.6 Å². The summed E-state index contributed by atoms with van der Waals surface area (Å²) in [5.74, 6) is 2.06. The summed E-state index contributed by atoms with van der Waals surface area (Å²) < 4.78 is 29.3. The Balaban J connectivity index is 1.33. The summed E-state index contributed by atoms with van der Waals surface area (Å²) in [5, 5.41) is 0.439. The first-order valence-corrected chi connectivity index (χ1v) is 14.2. The highest BCUT2D eigenvalue weighted by Crippen LogP contribution is 2.43. The molecule has 0 saturated heterocycles. The van der Waals surface area contributed by atoms with Crippen molar-refractivity contribution in [2.45, 2.75) is 33.0 Å². The van der Waals surface area contributed by atoms with E-state index in [0.717, 1.165) is 16.7 Å². The van der Waals surface area contributed by atoms with Crippen molar-refractivity contribution in [1.82, 2.24) is 4.90 Å². The van der Waals surface area contributed by atoms with Crippen LogP contribution in [0.15, 0.2) is 94.1 Å². The maximum atomic E-state index is 14.1. The number of benzene rings is 4. The van der Waals surface area contributed by atoms with Gasteiger partial charge in [-0.1, -0.05) is 54.1 Å². The number of fused-ring (bicyclic) bond motifs is 3. The van der Waals surface area contributed by atoms with E-state index in [-0.39, 0.29) is 30.4 Å². The number of aryl methyl sites for hydroxylation is 1. The smallest absolute Gasteiger partial charge is 0.291 e. The Morgan fingerprint density at radius 2 is 1.67 bits per heavy atom. The first kappa shape index (κ1) is 26.6. The summed E-state index contributed by atoms with van der Waals surface area (Å²) in [4.78, 5) is 29.7. The molecule has 2 aliphatic rings. The first-order chi connectivity index (χ1) is 21.0. The average Bonchev–Trinajstić information content (AvgIpc) is 3.60. The molecule has 0 saturated carbocycles. The topological polar surface area (TPSA) is 87.4 Å². The lowest BCUT2D eigenvalue weighted by Crippen LogP contribution is -2.29. The van der Waals surface area contributed by atoms with Crippen LogP contribution in [0.2, 0.25) is 0 Å². The van der Waals surface area contributed by atoms with Gasteiger partial charge in [0.1, 0.15) is 12.2 Å². The number of carbonyl (C=O) groups is 1. The van der Waals surface area contributed by atoms with Crippen molar-refractivity contribution in [3.05, 3.63) is 129 Å². The standard InChI is InChI=1S/C35H29NO7/c1-3-39-30-17-24(11-14-27(30)40-19-22-7-5-4-6-8-22)32-31-33(37)25-15-21(2)9-12-26(25)43-34(31)35(38)36(32)18-23-10-13-28-29(16-23)42-20-41-28/h4-17,32H,3,18-20H2,1-2H3. The molecule has 0 N–H and O–H groups in total. The van der Waals surface area contributed by atoms with Crippen LogP contribution in [0.1, 0.15) is 51.3 Å². The molecule has 1 aromatic heterocycles. The molecule has 0 bridgehead atoms. The van der Waals surface area contributed by atoms with E-state index in [1.165, 1.54) is 0 Å². The lowest BCUT2D eigenvalue weighted by Gasteiger charge is -2.26. The monoisotopic (exact) mass is 575 g/mol. The molecule has 0 spiro atoms. The molecule has 7 rings (SSSR count). The van der Waals surface area contributed by atoms with Crippen molar-refractivity contribution in [1.29, 1.82) is 0 Å². The Morgan fingerprint density at radius 1 is 0.837 bits per heavy atom. The van der Waals surface area contributed by atoms with E-state index >= 15 is 0 Å². The molecule has 0 aliphatic carbocycles. The lowest BCUT2D eigenvalue weighted by molar-refractivity contribution is 0.0714. The minimum atomic E-state index is -0.712. The Kier molecular flexibility index (Phi) is 6.74. The van der Waals surface area contributed by atoms with E-state index in [2.05, 4.69) is 0 Å². The van der Waals surface area contributed by atoms with Gasteiger partial charge in [0, 0.05) is 6.54 Å². The molecule has 4 aromatic carbocycles. The minimum absolute atomic E-state index is 0.0504. The molecule has 2 aliphatic heterocycles. The zero-order valence-electron chi connectivity index (χ0n) is 23.8. The highest BCUT2D eigenvalue weighted by molar-refractivity contribution is 5.99. The van der Waals surface area contributed by atoms with Crippen LogP contribution in [0.4, 0.5) is 0 Å². The summed E-state index contributed by atoms with van der Waals surface area (Å²) >= 11 is 0. The van der Waals surface area contributed by atoms with E-state index in [1.54, 1.807) is 17.0 Å². The summed E-state index contributed by atoms with van der Waals surface area (Å²) in [5.41, 5.74) is 3.96. The minimum Gasteiger partial charge on any atom is -0.490 e. The predicted molar refractivity (Wildman–Crippen MR) is 160 cm³/mol. The summed E-state index contributed by atoms with van der Waals surface area (Å²) in [7, 11) is 0. The van der Waals surface area contributed by atoms with Crippen molar-refractivity contribution in [2.24, 2.45) is 0 Å². The fourth-order valence-corrected chi connectivity index (χ4v) is 5.70. The fraction of sp³-hybridized carbons (Fsp3) is 0.200. The number of amides is 1. The molecule has 0 fully saturated rings. The van der Waals surface area contributed by atoms with Gasteiger partial charge >= 0.3 is 0 Å². The largest absolute Gasteiger partial charge is 0.490 e. The third kappa shape index (κ3) is 4.84. The summed E-state index contributed by atoms with van der Waals surface area (Å²) in [6.45, 7) is 4.98. The van der Waals surface area contributed by atoms with Crippen LogP contribution in [0, 0.1) is 6.92 Å². The second kappa shape index (κ2) is 10.9. The summed E-state index contributed by atoms with van der Waals surface area (Å²) in [6, 6.07) is 25.7. The number of nitrogens with zero attached hydrogens (tertiary/aromatic N) is 1. The Morgan fingerprint density at radius 3 is 2.51 bits per heavy atom. The maximum Gasteiger partial charge on any atom is 0.291 e. The SMILES string of the molecule is CCOc1cc(C2c3c(oc4ccc(C)cc4c3=O)C(=O)N2Cc2ccc3c(c2)OCO3)ccc1OCc1ccccc1. The zero-order valence-corrected chi connectivity index (χ0v) is 23.8. The number of ether oxygens (including phenoxy) is 4. The van der Waals surface area contributed by atoms with Crippen LogP contribution < -0.4 is 24.4 Å². The van der Waals surface area contributed by atoms with E-state index in [0.29, 0.717) is 58.3 Å². The van der Waals surface area contributed by atoms with Gasteiger partial charge in [-0.15, -0.1) is 0 Å². The molecule has 43 heavy (non-hydrogen) atoms. The van der Waals surface area contributed by atoms with Crippen molar-refractivity contribution < 1.29 is 28.2 Å². The number of carbonyl (C=O) groups excluding carboxylic acids is 1. The molecule has 216 valence electrons. The average molecular weight is 576 g/mol. The molecule has 8 heteroatoms. The first-order valence-electron chi connectivity index (χ1n) is 14.2. The molecular weight excluding hydrogens is 546 g/mol. The highest BCUT2D eigenvalue weighted by Gasteiger charge is 2.43. The number of hydrogen-bond acceptors (Lipinski definition) is 7. The van der Waals surface area contributed by atoms with Crippen LogP contribution in [0.25, 0.3) is 11.0 Å².